The molecule has 9 heteroatoms. The summed E-state index contributed by atoms with van der Waals surface area (Å²) >= 11 is 1.25. The molecule has 1 aliphatic rings. The fourth-order valence-corrected chi connectivity index (χ4v) is 5.52. The molecular weight excluding hydrogens is 410 g/mol. The lowest BCUT2D eigenvalue weighted by molar-refractivity contribution is 0.0730. The van der Waals surface area contributed by atoms with Crippen LogP contribution in [0.15, 0.2) is 41.3 Å². The molecule has 0 bridgehead atoms. The summed E-state index contributed by atoms with van der Waals surface area (Å²) in [5, 5.41) is 3.24. The second kappa shape index (κ2) is 7.83. The lowest BCUT2D eigenvalue weighted by atomic mass is 10.1. The number of rotatable bonds is 4. The highest BCUT2D eigenvalue weighted by Gasteiger charge is 2.26. The fraction of sp³-hybridized carbons (Fsp3) is 0.300. The molecule has 2 heterocycles. The van der Waals surface area contributed by atoms with Crippen LogP contribution in [0.3, 0.4) is 0 Å². The van der Waals surface area contributed by atoms with Crippen molar-refractivity contribution in [3.63, 3.8) is 0 Å². The molecule has 2 aromatic carbocycles. The third kappa shape index (κ3) is 4.04. The quantitative estimate of drug-likeness (QED) is 0.685. The Morgan fingerprint density at radius 1 is 1.10 bits per heavy atom. The molecule has 0 unspecified atom stereocenters. The number of hydrogen-bond acceptors (Lipinski definition) is 6. The summed E-state index contributed by atoms with van der Waals surface area (Å²) in [7, 11) is -3.57. The normalized spacial score (nSPS) is 15.5. The van der Waals surface area contributed by atoms with E-state index in [1.165, 1.54) is 15.6 Å². The van der Waals surface area contributed by atoms with Gasteiger partial charge >= 0.3 is 0 Å². The average molecular weight is 432 g/mol. The Morgan fingerprint density at radius 3 is 2.59 bits per heavy atom. The number of aryl methyl sites for hydroxylation is 2. The van der Waals surface area contributed by atoms with Gasteiger partial charge in [-0.05, 0) is 55.3 Å². The van der Waals surface area contributed by atoms with Crippen LogP contribution in [0.4, 0.5) is 5.13 Å². The van der Waals surface area contributed by atoms with Gasteiger partial charge in [-0.1, -0.05) is 17.4 Å². The minimum absolute atomic E-state index is 0.225. The Hall–Kier alpha value is -2.33. The zero-order chi connectivity index (χ0) is 20.6. The van der Waals surface area contributed by atoms with E-state index in [-0.39, 0.29) is 10.8 Å². The maximum atomic E-state index is 12.8. The summed E-state index contributed by atoms with van der Waals surface area (Å²) < 4.78 is 33.1. The van der Waals surface area contributed by atoms with Crippen LogP contribution in [0, 0.1) is 13.8 Å². The number of fused-ring (bicyclic) bond motifs is 1. The van der Waals surface area contributed by atoms with Crippen LogP contribution in [0.25, 0.3) is 10.2 Å². The highest BCUT2D eigenvalue weighted by molar-refractivity contribution is 7.89. The third-order valence-electron chi connectivity index (χ3n) is 4.96. The second-order valence-electron chi connectivity index (χ2n) is 6.92. The molecule has 1 N–H and O–H groups in total. The monoisotopic (exact) mass is 431 g/mol. The number of benzene rings is 2. The van der Waals surface area contributed by atoms with Crippen molar-refractivity contribution in [3.8, 4) is 0 Å². The van der Waals surface area contributed by atoms with Crippen molar-refractivity contribution in [2.45, 2.75) is 18.7 Å². The van der Waals surface area contributed by atoms with E-state index in [0.717, 1.165) is 11.1 Å². The van der Waals surface area contributed by atoms with Gasteiger partial charge in [-0.3, -0.25) is 10.1 Å². The van der Waals surface area contributed by atoms with E-state index in [1.807, 2.05) is 26.0 Å². The van der Waals surface area contributed by atoms with Gasteiger partial charge in [0.15, 0.2) is 5.13 Å². The van der Waals surface area contributed by atoms with Crippen molar-refractivity contribution < 1.29 is 17.9 Å². The minimum atomic E-state index is -3.57. The van der Waals surface area contributed by atoms with Gasteiger partial charge in [0, 0.05) is 18.7 Å². The first-order valence-corrected chi connectivity index (χ1v) is 11.5. The van der Waals surface area contributed by atoms with E-state index in [0.29, 0.717) is 47.2 Å². The number of carbonyl (C=O) groups excluding carboxylic acids is 1. The van der Waals surface area contributed by atoms with Crippen LogP contribution in [0.2, 0.25) is 0 Å². The standard InChI is InChI=1S/C20H21N3O4S2/c1-13-3-4-15(11-14(13)2)19(24)22-20-21-17-6-5-16(12-18(17)28-20)29(25,26)23-7-9-27-10-8-23/h3-6,11-12H,7-10H2,1-2H3,(H,21,22,24). The van der Waals surface area contributed by atoms with Crippen molar-refractivity contribution in [2.75, 3.05) is 31.6 Å². The van der Waals surface area contributed by atoms with Gasteiger partial charge in [0.1, 0.15) is 0 Å². The van der Waals surface area contributed by atoms with Crippen molar-refractivity contribution in [3.05, 3.63) is 53.1 Å². The summed E-state index contributed by atoms with van der Waals surface area (Å²) in [6.07, 6.45) is 0. The van der Waals surface area contributed by atoms with Gasteiger partial charge in [0.2, 0.25) is 10.0 Å². The molecule has 7 nitrogen and oxygen atoms in total. The number of carbonyl (C=O) groups is 1. The molecule has 0 radical (unpaired) electrons. The molecule has 1 saturated heterocycles. The smallest absolute Gasteiger partial charge is 0.257 e. The number of nitrogens with one attached hydrogen (secondary N) is 1. The van der Waals surface area contributed by atoms with Crippen LogP contribution < -0.4 is 5.32 Å². The second-order valence-corrected chi connectivity index (χ2v) is 9.89. The van der Waals surface area contributed by atoms with Gasteiger partial charge in [-0.15, -0.1) is 0 Å². The number of aromatic nitrogens is 1. The van der Waals surface area contributed by atoms with Crippen LogP contribution >= 0.6 is 11.3 Å². The Balaban J connectivity index is 1.58. The van der Waals surface area contributed by atoms with Crippen LogP contribution in [0.5, 0.6) is 0 Å². The van der Waals surface area contributed by atoms with Gasteiger partial charge in [0.05, 0.1) is 28.3 Å². The van der Waals surface area contributed by atoms with Gasteiger partial charge in [0.25, 0.3) is 5.91 Å². The zero-order valence-electron chi connectivity index (χ0n) is 16.1. The van der Waals surface area contributed by atoms with E-state index < -0.39 is 10.0 Å². The molecule has 1 aromatic heterocycles. The van der Waals surface area contributed by atoms with Crippen molar-refractivity contribution >= 4 is 42.6 Å². The molecule has 152 valence electrons. The lowest BCUT2D eigenvalue weighted by Crippen LogP contribution is -2.40. The third-order valence-corrected chi connectivity index (χ3v) is 7.79. The number of morpholine rings is 1. The topological polar surface area (TPSA) is 88.6 Å². The van der Waals surface area contributed by atoms with E-state index >= 15 is 0 Å². The number of hydrogen-bond donors (Lipinski definition) is 1. The Bertz CT molecular complexity index is 1180. The molecule has 1 fully saturated rings. The zero-order valence-corrected chi connectivity index (χ0v) is 17.8. The molecule has 1 amide bonds. The summed E-state index contributed by atoms with van der Waals surface area (Å²) in [6, 6.07) is 10.4. The van der Waals surface area contributed by atoms with Crippen molar-refractivity contribution in [1.29, 1.82) is 0 Å². The SMILES string of the molecule is Cc1ccc(C(=O)Nc2nc3ccc(S(=O)(=O)N4CCOCC4)cc3s2)cc1C. The highest BCUT2D eigenvalue weighted by Crippen LogP contribution is 2.29. The molecule has 4 rings (SSSR count). The van der Waals surface area contributed by atoms with Gasteiger partial charge < -0.3 is 4.74 Å². The fourth-order valence-electron chi connectivity index (χ4n) is 3.11. The molecule has 0 spiro atoms. The molecular formula is C20H21N3O4S2. The number of nitrogens with zero attached hydrogens (tertiary/aromatic N) is 2. The number of sulfonamides is 1. The maximum Gasteiger partial charge on any atom is 0.257 e. The van der Waals surface area contributed by atoms with E-state index in [4.69, 9.17) is 4.74 Å². The Morgan fingerprint density at radius 2 is 1.86 bits per heavy atom. The van der Waals surface area contributed by atoms with Gasteiger partial charge in [-0.2, -0.15) is 4.31 Å². The van der Waals surface area contributed by atoms with E-state index in [2.05, 4.69) is 10.3 Å². The van der Waals surface area contributed by atoms with E-state index in [9.17, 15) is 13.2 Å². The molecule has 1 aliphatic heterocycles. The summed E-state index contributed by atoms with van der Waals surface area (Å²) in [4.78, 5) is 17.2. The summed E-state index contributed by atoms with van der Waals surface area (Å²) in [6.45, 7) is 5.45. The van der Waals surface area contributed by atoms with Gasteiger partial charge in [-0.25, -0.2) is 13.4 Å². The molecule has 29 heavy (non-hydrogen) atoms. The summed E-state index contributed by atoms with van der Waals surface area (Å²) in [5.74, 6) is -0.242. The average Bonchev–Trinajstić information content (AvgIpc) is 3.12. The first kappa shape index (κ1) is 20.0. The molecule has 0 saturated carbocycles. The van der Waals surface area contributed by atoms with Crippen LogP contribution in [0.1, 0.15) is 21.5 Å². The van der Waals surface area contributed by atoms with Crippen LogP contribution in [-0.2, 0) is 14.8 Å². The predicted molar refractivity (Wildman–Crippen MR) is 113 cm³/mol. The number of anilines is 1. The molecule has 0 atom stereocenters. The highest BCUT2D eigenvalue weighted by atomic mass is 32.2. The minimum Gasteiger partial charge on any atom is -0.379 e. The lowest BCUT2D eigenvalue weighted by Gasteiger charge is -2.25. The maximum absolute atomic E-state index is 12.8. The first-order chi connectivity index (χ1) is 13.8. The molecule has 0 aliphatic carbocycles. The van der Waals surface area contributed by atoms with Crippen molar-refractivity contribution in [1.82, 2.24) is 9.29 Å². The predicted octanol–water partition coefficient (Wildman–Crippen LogP) is 3.19. The Kier molecular flexibility index (Phi) is 5.39. The number of amides is 1. The first-order valence-electron chi connectivity index (χ1n) is 9.22. The Labute approximate surface area is 173 Å². The number of thiazole rings is 1. The molecule has 3 aromatic rings. The van der Waals surface area contributed by atoms with Crippen molar-refractivity contribution in [2.24, 2.45) is 0 Å². The van der Waals surface area contributed by atoms with Crippen LogP contribution in [-0.4, -0.2) is 49.9 Å². The largest absolute Gasteiger partial charge is 0.379 e. The van der Waals surface area contributed by atoms with E-state index in [1.54, 1.807) is 24.3 Å². The summed E-state index contributed by atoms with van der Waals surface area (Å²) in [5.41, 5.74) is 3.37. The number of ether oxygens (including phenoxy) is 1.